The highest BCUT2D eigenvalue weighted by Crippen LogP contribution is 2.42. The van der Waals surface area contributed by atoms with Crippen LogP contribution in [0.3, 0.4) is 0 Å². The van der Waals surface area contributed by atoms with Gasteiger partial charge in [-0.15, -0.1) is 0 Å². The number of aliphatic hydroxyl groups is 1. The molecule has 3 heterocycles. The van der Waals surface area contributed by atoms with Crippen molar-refractivity contribution in [3.8, 4) is 0 Å². The van der Waals surface area contributed by atoms with Crippen LogP contribution in [0.25, 0.3) is 11.0 Å². The highest BCUT2D eigenvalue weighted by molar-refractivity contribution is 9.10. The molecule has 1 amide bonds. The molecule has 3 N–H and O–H groups in total. The third kappa shape index (κ3) is 4.03. The molecule has 0 fully saturated rings. The average Bonchev–Trinajstić information content (AvgIpc) is 3.37. The smallest absolute Gasteiger partial charge is 0.294 e. The van der Waals surface area contributed by atoms with Gasteiger partial charge in [0.25, 0.3) is 5.91 Å². The number of carbonyl (C=O) groups excluding carboxylic acids is 2. The van der Waals surface area contributed by atoms with Crippen LogP contribution in [0.2, 0.25) is 0 Å². The molecule has 0 saturated heterocycles. The fraction of sp³-hybridized carbons (Fsp3) is 0.0417. The number of primary sulfonamides is 1. The van der Waals surface area contributed by atoms with Gasteiger partial charge in [-0.2, -0.15) is 0 Å². The van der Waals surface area contributed by atoms with Crippen molar-refractivity contribution in [1.29, 1.82) is 0 Å². The zero-order chi connectivity index (χ0) is 24.9. The molecule has 0 saturated carbocycles. The molecule has 35 heavy (non-hydrogen) atoms. The Labute approximate surface area is 207 Å². The number of hydrogen-bond acceptors (Lipinski definition) is 7. The Morgan fingerprint density at radius 1 is 1.06 bits per heavy atom. The number of nitrogens with two attached hydrogens (primary N) is 1. The van der Waals surface area contributed by atoms with Crippen LogP contribution in [0.1, 0.15) is 22.2 Å². The molecular weight excluding hydrogens is 538 g/mol. The number of rotatable bonds is 5. The SMILES string of the molecule is NS(=O)(=O)c1ccc(N2C(=O)C(O)=C(C(=O)c3cc4cc(Br)ccc4o3)C2c2ccncc2)cc1. The Balaban J connectivity index is 1.63. The van der Waals surface area contributed by atoms with Gasteiger partial charge in [-0.25, -0.2) is 13.6 Å². The summed E-state index contributed by atoms with van der Waals surface area (Å²) in [6.45, 7) is 0. The molecule has 9 nitrogen and oxygen atoms in total. The minimum Gasteiger partial charge on any atom is -0.503 e. The number of furan rings is 1. The number of ketones is 1. The zero-order valence-electron chi connectivity index (χ0n) is 17.8. The number of fused-ring (bicyclic) bond motifs is 1. The standard InChI is InChI=1S/C24H16BrN3O6S/c25-15-1-6-18-14(11-15)12-19(34-18)22(29)20-21(13-7-9-27-10-8-13)28(24(31)23(20)30)16-2-4-17(5-3-16)35(26,32)33/h1-12,21,30H,(H2,26,32,33). The Hall–Kier alpha value is -3.80. The number of sulfonamides is 1. The molecule has 4 aromatic rings. The largest absolute Gasteiger partial charge is 0.503 e. The van der Waals surface area contributed by atoms with Crippen molar-refractivity contribution in [2.75, 3.05) is 4.90 Å². The van der Waals surface area contributed by atoms with E-state index in [-0.39, 0.29) is 21.9 Å². The zero-order valence-corrected chi connectivity index (χ0v) is 20.2. The number of aliphatic hydroxyl groups excluding tert-OH is 1. The lowest BCUT2D eigenvalue weighted by atomic mass is 9.95. The Morgan fingerprint density at radius 3 is 2.40 bits per heavy atom. The van der Waals surface area contributed by atoms with E-state index in [0.29, 0.717) is 16.5 Å². The first-order valence-electron chi connectivity index (χ1n) is 10.2. The first-order chi connectivity index (χ1) is 16.6. The van der Waals surface area contributed by atoms with E-state index >= 15 is 0 Å². The second-order valence-corrected chi connectivity index (χ2v) is 10.3. The number of hydrogen-bond donors (Lipinski definition) is 2. The van der Waals surface area contributed by atoms with Gasteiger partial charge in [0.05, 0.1) is 16.5 Å². The monoisotopic (exact) mass is 553 g/mol. The van der Waals surface area contributed by atoms with Gasteiger partial charge in [0.15, 0.2) is 11.5 Å². The van der Waals surface area contributed by atoms with Crippen LogP contribution in [0, 0.1) is 0 Å². The number of anilines is 1. The molecule has 5 rings (SSSR count). The minimum absolute atomic E-state index is 0.0436. The predicted octanol–water partition coefficient (Wildman–Crippen LogP) is 4.02. The maximum atomic E-state index is 13.6. The first kappa shape index (κ1) is 23.0. The number of carbonyl (C=O) groups is 2. The molecule has 0 radical (unpaired) electrons. The molecule has 1 aliphatic rings. The molecule has 2 aromatic heterocycles. The summed E-state index contributed by atoms with van der Waals surface area (Å²) in [6, 6.07) is 14.3. The fourth-order valence-corrected chi connectivity index (χ4v) is 4.91. The molecule has 11 heteroatoms. The number of halogens is 1. The molecule has 0 spiro atoms. The van der Waals surface area contributed by atoms with E-state index in [0.717, 1.165) is 4.47 Å². The molecule has 1 unspecified atom stereocenters. The second kappa shape index (κ2) is 8.45. The minimum atomic E-state index is -3.95. The van der Waals surface area contributed by atoms with Gasteiger partial charge in [-0.1, -0.05) is 15.9 Å². The first-order valence-corrected chi connectivity index (χ1v) is 12.5. The molecule has 0 bridgehead atoms. The number of amides is 1. The van der Waals surface area contributed by atoms with E-state index in [2.05, 4.69) is 20.9 Å². The van der Waals surface area contributed by atoms with Gasteiger partial charge < -0.3 is 9.52 Å². The van der Waals surface area contributed by atoms with Crippen LogP contribution >= 0.6 is 15.9 Å². The molecule has 0 aliphatic carbocycles. The van der Waals surface area contributed by atoms with E-state index < -0.39 is 33.5 Å². The lowest BCUT2D eigenvalue weighted by Gasteiger charge is -2.26. The summed E-state index contributed by atoms with van der Waals surface area (Å²) in [5.41, 5.74) is 1.06. The van der Waals surface area contributed by atoms with Gasteiger partial charge in [-0.3, -0.25) is 19.5 Å². The summed E-state index contributed by atoms with van der Waals surface area (Å²) in [5, 5.41) is 16.7. The quantitative estimate of drug-likeness (QED) is 0.355. The van der Waals surface area contributed by atoms with Crippen LogP contribution in [0.5, 0.6) is 0 Å². The lowest BCUT2D eigenvalue weighted by Crippen LogP contribution is -2.31. The average molecular weight is 554 g/mol. The number of pyridine rings is 1. The number of benzene rings is 2. The van der Waals surface area contributed by atoms with E-state index in [4.69, 9.17) is 9.56 Å². The van der Waals surface area contributed by atoms with Gasteiger partial charge in [0, 0.05) is 27.9 Å². The lowest BCUT2D eigenvalue weighted by molar-refractivity contribution is -0.117. The third-order valence-electron chi connectivity index (χ3n) is 5.62. The topological polar surface area (TPSA) is 144 Å². The maximum Gasteiger partial charge on any atom is 0.294 e. The Morgan fingerprint density at radius 2 is 1.74 bits per heavy atom. The van der Waals surface area contributed by atoms with Crippen molar-refractivity contribution in [2.45, 2.75) is 10.9 Å². The van der Waals surface area contributed by atoms with Crippen LogP contribution in [0.4, 0.5) is 5.69 Å². The fourth-order valence-electron chi connectivity index (χ4n) is 4.02. The van der Waals surface area contributed by atoms with E-state index in [9.17, 15) is 23.1 Å². The van der Waals surface area contributed by atoms with Crippen molar-refractivity contribution in [3.05, 3.63) is 100 Å². The van der Waals surface area contributed by atoms with E-state index in [1.54, 1.807) is 36.4 Å². The molecular formula is C24H16BrN3O6S. The second-order valence-electron chi connectivity index (χ2n) is 7.78. The molecule has 2 aromatic carbocycles. The van der Waals surface area contributed by atoms with Crippen molar-refractivity contribution in [1.82, 2.24) is 4.98 Å². The maximum absolute atomic E-state index is 13.6. The van der Waals surface area contributed by atoms with E-state index in [1.807, 2.05) is 0 Å². The summed E-state index contributed by atoms with van der Waals surface area (Å²) in [6.07, 6.45) is 3.00. The van der Waals surface area contributed by atoms with Gasteiger partial charge in [-0.05, 0) is 66.2 Å². The normalized spacial score (nSPS) is 16.3. The summed E-state index contributed by atoms with van der Waals surface area (Å²) >= 11 is 3.37. The summed E-state index contributed by atoms with van der Waals surface area (Å²) in [7, 11) is -3.95. The van der Waals surface area contributed by atoms with Crippen LogP contribution in [-0.2, 0) is 14.8 Å². The third-order valence-corrected chi connectivity index (χ3v) is 7.04. The molecule has 1 atom stereocenters. The number of aromatic nitrogens is 1. The molecule has 176 valence electrons. The predicted molar refractivity (Wildman–Crippen MR) is 130 cm³/mol. The van der Waals surface area contributed by atoms with Crippen molar-refractivity contribution in [2.24, 2.45) is 5.14 Å². The van der Waals surface area contributed by atoms with Gasteiger partial charge in [0.1, 0.15) is 5.58 Å². The van der Waals surface area contributed by atoms with Crippen LogP contribution in [0.15, 0.2) is 98.2 Å². The summed E-state index contributed by atoms with van der Waals surface area (Å²) in [5.74, 6) is -2.25. The number of Topliss-reactive ketones (excluding diaryl/α,β-unsaturated/α-hetero) is 1. The van der Waals surface area contributed by atoms with Crippen molar-refractivity contribution >= 4 is 54.3 Å². The van der Waals surface area contributed by atoms with Crippen LogP contribution < -0.4 is 10.0 Å². The van der Waals surface area contributed by atoms with Crippen LogP contribution in [-0.4, -0.2) is 30.2 Å². The highest BCUT2D eigenvalue weighted by atomic mass is 79.9. The summed E-state index contributed by atoms with van der Waals surface area (Å²) < 4.78 is 29.8. The Bertz CT molecular complexity index is 1630. The highest BCUT2D eigenvalue weighted by Gasteiger charge is 2.45. The summed E-state index contributed by atoms with van der Waals surface area (Å²) in [4.78, 5) is 31.8. The number of nitrogens with zero attached hydrogens (tertiary/aromatic N) is 2. The Kier molecular flexibility index (Phi) is 5.55. The van der Waals surface area contributed by atoms with E-state index in [1.165, 1.54) is 41.6 Å². The van der Waals surface area contributed by atoms with Gasteiger partial charge >= 0.3 is 0 Å². The molecule has 1 aliphatic heterocycles. The van der Waals surface area contributed by atoms with Crippen molar-refractivity contribution in [3.63, 3.8) is 0 Å². The van der Waals surface area contributed by atoms with Gasteiger partial charge in [0.2, 0.25) is 15.8 Å². The van der Waals surface area contributed by atoms with Crippen molar-refractivity contribution < 1.29 is 27.5 Å².